The second kappa shape index (κ2) is 6.73. The number of hydrogen-bond donors (Lipinski definition) is 1. The second-order valence-corrected chi connectivity index (χ2v) is 5.32. The van der Waals surface area contributed by atoms with Crippen LogP contribution in [0.15, 0.2) is 35.5 Å². The number of aromatic nitrogens is 3. The molecule has 0 unspecified atom stereocenters. The van der Waals surface area contributed by atoms with E-state index in [2.05, 4.69) is 15.0 Å². The first-order valence-electron chi connectivity index (χ1n) is 7.37. The van der Waals surface area contributed by atoms with Gasteiger partial charge in [0.05, 0.1) is 5.69 Å². The number of piperazine rings is 1. The van der Waals surface area contributed by atoms with Crippen LogP contribution < -0.4 is 10.5 Å². The van der Waals surface area contributed by atoms with Gasteiger partial charge in [0.25, 0.3) is 12.3 Å². The van der Waals surface area contributed by atoms with Crippen LogP contribution in [0.2, 0.25) is 0 Å². The zero-order chi connectivity index (χ0) is 17.1. The molecule has 2 aromatic rings. The molecule has 1 saturated heterocycles. The Hall–Kier alpha value is -2.84. The van der Waals surface area contributed by atoms with E-state index in [9.17, 15) is 18.4 Å². The van der Waals surface area contributed by atoms with E-state index in [-0.39, 0.29) is 17.2 Å². The molecule has 0 spiro atoms. The van der Waals surface area contributed by atoms with E-state index in [1.54, 1.807) is 17.2 Å². The van der Waals surface area contributed by atoms with Crippen molar-refractivity contribution in [2.45, 2.75) is 6.43 Å². The lowest BCUT2D eigenvalue weighted by Crippen LogP contribution is -2.49. The normalized spacial score (nSPS) is 15.0. The van der Waals surface area contributed by atoms with Crippen LogP contribution in [0.3, 0.4) is 0 Å². The van der Waals surface area contributed by atoms with Crippen molar-refractivity contribution in [1.82, 2.24) is 19.9 Å². The molecule has 0 saturated carbocycles. The minimum absolute atomic E-state index is 0.0298. The molecule has 24 heavy (non-hydrogen) atoms. The van der Waals surface area contributed by atoms with E-state index in [1.165, 1.54) is 6.07 Å². The molecule has 1 aliphatic heterocycles. The van der Waals surface area contributed by atoms with Crippen molar-refractivity contribution < 1.29 is 13.6 Å². The van der Waals surface area contributed by atoms with E-state index in [1.807, 2.05) is 4.90 Å². The zero-order valence-corrected chi connectivity index (χ0v) is 12.7. The van der Waals surface area contributed by atoms with Crippen molar-refractivity contribution in [1.29, 1.82) is 0 Å². The number of pyridine rings is 1. The Balaban J connectivity index is 1.66. The van der Waals surface area contributed by atoms with Crippen LogP contribution in [-0.4, -0.2) is 51.9 Å². The average molecular weight is 335 g/mol. The van der Waals surface area contributed by atoms with Gasteiger partial charge in [-0.2, -0.15) is 0 Å². The van der Waals surface area contributed by atoms with Crippen LogP contribution in [0.25, 0.3) is 0 Å². The summed E-state index contributed by atoms with van der Waals surface area (Å²) in [6, 6.07) is 4.19. The van der Waals surface area contributed by atoms with Crippen molar-refractivity contribution in [3.63, 3.8) is 0 Å². The summed E-state index contributed by atoms with van der Waals surface area (Å²) in [6.07, 6.45) is -0.138. The van der Waals surface area contributed by atoms with Crippen molar-refractivity contribution in [3.8, 4) is 0 Å². The molecule has 3 heterocycles. The highest BCUT2D eigenvalue weighted by molar-refractivity contribution is 5.92. The Labute approximate surface area is 136 Å². The second-order valence-electron chi connectivity index (χ2n) is 5.32. The van der Waals surface area contributed by atoms with Crippen molar-refractivity contribution in [2.75, 3.05) is 31.1 Å². The maximum Gasteiger partial charge on any atom is 0.280 e. The summed E-state index contributed by atoms with van der Waals surface area (Å²) in [6.45, 7) is 2.02. The van der Waals surface area contributed by atoms with Gasteiger partial charge in [-0.1, -0.05) is 0 Å². The van der Waals surface area contributed by atoms with E-state index in [4.69, 9.17) is 0 Å². The molecule has 9 heteroatoms. The molecular weight excluding hydrogens is 320 g/mol. The predicted octanol–water partition coefficient (Wildman–Crippen LogP) is 1.06. The molecule has 0 atom stereocenters. The molecule has 0 aromatic carbocycles. The Morgan fingerprint density at radius 3 is 2.54 bits per heavy atom. The Kier molecular flexibility index (Phi) is 4.50. The number of aromatic amines is 1. The monoisotopic (exact) mass is 335 g/mol. The lowest BCUT2D eigenvalue weighted by molar-refractivity contribution is 0.0739. The van der Waals surface area contributed by atoms with Crippen LogP contribution in [0, 0.1) is 0 Å². The van der Waals surface area contributed by atoms with Gasteiger partial charge in [-0.05, 0) is 12.1 Å². The fraction of sp³-hybridized carbons (Fsp3) is 0.333. The lowest BCUT2D eigenvalue weighted by Gasteiger charge is -2.35. The topological polar surface area (TPSA) is 82.2 Å². The molecule has 1 N–H and O–H groups in total. The zero-order valence-electron chi connectivity index (χ0n) is 12.7. The van der Waals surface area contributed by atoms with Gasteiger partial charge in [0.15, 0.2) is 0 Å². The number of carbonyl (C=O) groups excluding carboxylic acids is 1. The number of rotatable bonds is 3. The third-order valence-electron chi connectivity index (χ3n) is 3.83. The van der Waals surface area contributed by atoms with Gasteiger partial charge in [-0.25, -0.2) is 18.7 Å². The van der Waals surface area contributed by atoms with Crippen LogP contribution in [0.5, 0.6) is 0 Å². The maximum absolute atomic E-state index is 12.7. The van der Waals surface area contributed by atoms with Gasteiger partial charge >= 0.3 is 0 Å². The summed E-state index contributed by atoms with van der Waals surface area (Å²) in [5, 5.41) is 0. The number of amides is 1. The first kappa shape index (κ1) is 16.0. The molecule has 0 bridgehead atoms. The minimum atomic E-state index is -2.74. The smallest absolute Gasteiger partial charge is 0.280 e. The fourth-order valence-electron chi connectivity index (χ4n) is 2.54. The quantitative estimate of drug-likeness (QED) is 0.907. The third kappa shape index (κ3) is 3.39. The van der Waals surface area contributed by atoms with Gasteiger partial charge in [0.2, 0.25) is 5.56 Å². The average Bonchev–Trinajstić information content (AvgIpc) is 2.62. The molecule has 3 rings (SSSR count). The third-order valence-corrected chi connectivity index (χ3v) is 3.83. The molecule has 0 aliphatic carbocycles. The minimum Gasteiger partial charge on any atom is -0.367 e. The van der Waals surface area contributed by atoms with Gasteiger partial charge in [0, 0.05) is 38.4 Å². The number of hydrogen-bond acceptors (Lipinski definition) is 5. The highest BCUT2D eigenvalue weighted by Gasteiger charge is 2.24. The maximum atomic E-state index is 12.7. The van der Waals surface area contributed by atoms with Gasteiger partial charge in [-0.3, -0.25) is 9.59 Å². The van der Waals surface area contributed by atoms with E-state index in [0.717, 1.165) is 18.1 Å². The van der Waals surface area contributed by atoms with Crippen LogP contribution in [0.1, 0.15) is 22.6 Å². The van der Waals surface area contributed by atoms with Crippen molar-refractivity contribution in [3.05, 3.63) is 52.5 Å². The number of nitrogens with one attached hydrogen (secondary N) is 1. The molecule has 2 aromatic heterocycles. The number of halogens is 2. The highest BCUT2D eigenvalue weighted by atomic mass is 19.3. The first-order chi connectivity index (χ1) is 11.5. The molecule has 1 amide bonds. The van der Waals surface area contributed by atoms with Gasteiger partial charge < -0.3 is 14.8 Å². The Bertz CT molecular complexity index is 767. The first-order valence-corrected chi connectivity index (χ1v) is 7.37. The van der Waals surface area contributed by atoms with Gasteiger partial charge in [0.1, 0.15) is 17.7 Å². The summed E-state index contributed by atoms with van der Waals surface area (Å²) < 4.78 is 25.3. The summed E-state index contributed by atoms with van der Waals surface area (Å²) in [4.78, 5) is 36.9. The van der Waals surface area contributed by atoms with E-state index < -0.39 is 12.1 Å². The number of carbonyl (C=O) groups is 1. The molecular formula is C15H15F2N5O2. The summed E-state index contributed by atoms with van der Waals surface area (Å²) in [7, 11) is 0. The summed E-state index contributed by atoms with van der Waals surface area (Å²) in [5.74, 6) is -0.389. The van der Waals surface area contributed by atoms with E-state index >= 15 is 0 Å². The SMILES string of the molecule is O=C(c1cc(C(F)F)ncn1)N1CCN(c2ccc(=O)[nH]c2)CC1. The van der Waals surface area contributed by atoms with Crippen molar-refractivity contribution >= 4 is 11.6 Å². The number of alkyl halides is 2. The molecule has 1 aliphatic rings. The molecule has 126 valence electrons. The summed E-state index contributed by atoms with van der Waals surface area (Å²) >= 11 is 0. The molecule has 0 radical (unpaired) electrons. The molecule has 7 nitrogen and oxygen atoms in total. The molecule has 1 fully saturated rings. The number of nitrogens with zero attached hydrogens (tertiary/aromatic N) is 4. The van der Waals surface area contributed by atoms with E-state index in [0.29, 0.717) is 26.2 Å². The van der Waals surface area contributed by atoms with Crippen molar-refractivity contribution in [2.24, 2.45) is 0 Å². The largest absolute Gasteiger partial charge is 0.367 e. The van der Waals surface area contributed by atoms with Crippen LogP contribution in [0.4, 0.5) is 14.5 Å². The van der Waals surface area contributed by atoms with Crippen LogP contribution in [-0.2, 0) is 0 Å². The highest BCUT2D eigenvalue weighted by Crippen LogP contribution is 2.18. The fourth-order valence-corrected chi connectivity index (χ4v) is 2.54. The number of H-pyrrole nitrogens is 1. The Morgan fingerprint density at radius 1 is 1.17 bits per heavy atom. The lowest BCUT2D eigenvalue weighted by atomic mass is 10.2. The van der Waals surface area contributed by atoms with Crippen LogP contribution >= 0.6 is 0 Å². The summed E-state index contributed by atoms with van der Waals surface area (Å²) in [5.41, 5.74) is 0.202. The predicted molar refractivity (Wildman–Crippen MR) is 82.2 cm³/mol. The standard InChI is InChI=1S/C15H15F2N5O2/c16-14(17)11-7-12(20-9-19-11)15(24)22-5-3-21(4-6-22)10-1-2-13(23)18-8-10/h1-2,7-9,14H,3-6H2,(H,18,23). The number of anilines is 1. The Morgan fingerprint density at radius 2 is 1.92 bits per heavy atom. The van der Waals surface area contributed by atoms with Gasteiger partial charge in [-0.15, -0.1) is 0 Å².